The maximum absolute atomic E-state index is 13.1. The zero-order valence-electron chi connectivity index (χ0n) is 67.3. The van der Waals surface area contributed by atoms with Crippen LogP contribution in [0.4, 0.5) is 0 Å². The number of carbonyl (C=O) groups is 4. The smallest absolute Gasteiger partial charge is 0.462 e. The minimum Gasteiger partial charge on any atom is -0.462 e. The molecule has 0 aliphatic rings. The van der Waals surface area contributed by atoms with Crippen molar-refractivity contribution in [2.45, 2.75) is 476 Å². The van der Waals surface area contributed by atoms with Crippen molar-refractivity contribution >= 4 is 39.5 Å². The molecule has 103 heavy (non-hydrogen) atoms. The number of aliphatic hydroxyl groups excluding tert-OH is 1. The highest BCUT2D eigenvalue weighted by atomic mass is 31.2. The zero-order chi connectivity index (χ0) is 75.3. The first kappa shape index (κ1) is 101. The molecule has 0 saturated heterocycles. The van der Waals surface area contributed by atoms with Crippen LogP contribution in [-0.4, -0.2) is 96.7 Å². The van der Waals surface area contributed by atoms with Crippen LogP contribution in [0.2, 0.25) is 0 Å². The molecular weight excluding hydrogens is 1340 g/mol. The molecule has 0 bridgehead atoms. The molecule has 612 valence electrons. The summed E-state index contributed by atoms with van der Waals surface area (Å²) in [5.41, 5.74) is 0. The van der Waals surface area contributed by atoms with E-state index in [4.69, 9.17) is 37.0 Å². The minimum absolute atomic E-state index is 0.109. The Morgan fingerprint density at radius 1 is 0.233 bits per heavy atom. The van der Waals surface area contributed by atoms with Crippen molar-refractivity contribution in [1.29, 1.82) is 0 Å². The molecule has 0 saturated carbocycles. The van der Waals surface area contributed by atoms with Gasteiger partial charge in [-0.25, -0.2) is 9.13 Å². The van der Waals surface area contributed by atoms with Crippen LogP contribution in [0.3, 0.4) is 0 Å². The molecule has 0 spiro atoms. The van der Waals surface area contributed by atoms with Crippen LogP contribution in [0.25, 0.3) is 0 Å². The van der Waals surface area contributed by atoms with E-state index < -0.39 is 97.5 Å². The van der Waals surface area contributed by atoms with Crippen LogP contribution in [0.1, 0.15) is 458 Å². The van der Waals surface area contributed by atoms with Crippen LogP contribution in [-0.2, 0) is 65.4 Å². The molecule has 17 nitrogen and oxygen atoms in total. The predicted octanol–water partition coefficient (Wildman–Crippen LogP) is 25.7. The summed E-state index contributed by atoms with van der Waals surface area (Å²) in [7, 11) is -9.92. The number of phosphoric acid groups is 2. The molecule has 0 aliphatic heterocycles. The average molecular weight is 1510 g/mol. The molecule has 5 atom stereocenters. The lowest BCUT2D eigenvalue weighted by atomic mass is 10.0. The summed E-state index contributed by atoms with van der Waals surface area (Å²) >= 11 is 0. The van der Waals surface area contributed by atoms with Gasteiger partial charge in [0.2, 0.25) is 0 Å². The topological polar surface area (TPSA) is 237 Å². The van der Waals surface area contributed by atoms with Gasteiger partial charge in [0.1, 0.15) is 19.3 Å². The van der Waals surface area contributed by atoms with Crippen molar-refractivity contribution in [3.63, 3.8) is 0 Å². The second-order valence-electron chi connectivity index (χ2n) is 30.2. The number of aliphatic hydroxyl groups is 1. The molecule has 0 aromatic rings. The fourth-order valence-electron chi connectivity index (χ4n) is 13.2. The summed E-state index contributed by atoms with van der Waals surface area (Å²) in [4.78, 5) is 73.2. The van der Waals surface area contributed by atoms with E-state index in [-0.39, 0.29) is 25.7 Å². The van der Waals surface area contributed by atoms with Crippen molar-refractivity contribution < 1.29 is 80.2 Å². The molecule has 0 aromatic carbocycles. The van der Waals surface area contributed by atoms with Crippen molar-refractivity contribution in [2.75, 3.05) is 39.6 Å². The van der Waals surface area contributed by atoms with Gasteiger partial charge in [-0.15, -0.1) is 0 Å². The lowest BCUT2D eigenvalue weighted by molar-refractivity contribution is -0.161. The SMILES string of the molecule is CCCCCCCCCCCCCCCCCCCC(=O)OC[C@H](COP(=O)(O)OC[C@@H](O)COP(=O)(O)OC[C@@H](COC(=O)CCCCCCCCCCCCCCC)OC(=O)CCCCCCCCCCCCCCCCCC)OC(=O)CCCCCCCCCCCCCCCCCCC. The quantitative estimate of drug-likeness (QED) is 0.0222. The van der Waals surface area contributed by atoms with E-state index >= 15 is 0 Å². The number of phosphoric ester groups is 2. The number of carbonyl (C=O) groups excluding carboxylic acids is 4. The highest BCUT2D eigenvalue weighted by molar-refractivity contribution is 7.47. The second kappa shape index (κ2) is 78.2. The van der Waals surface area contributed by atoms with Gasteiger partial charge in [0.05, 0.1) is 26.4 Å². The highest BCUT2D eigenvalue weighted by Gasteiger charge is 2.30. The van der Waals surface area contributed by atoms with Crippen molar-refractivity contribution in [1.82, 2.24) is 0 Å². The summed E-state index contributed by atoms with van der Waals surface area (Å²) in [6.07, 6.45) is 72.0. The third-order valence-corrected chi connectivity index (χ3v) is 21.8. The van der Waals surface area contributed by atoms with Gasteiger partial charge in [-0.05, 0) is 25.7 Å². The van der Waals surface area contributed by atoms with Crippen LogP contribution in [0, 0.1) is 0 Å². The van der Waals surface area contributed by atoms with Crippen LogP contribution in [0.15, 0.2) is 0 Å². The van der Waals surface area contributed by atoms with Crippen LogP contribution in [0.5, 0.6) is 0 Å². The Labute approximate surface area is 632 Å². The first-order valence-electron chi connectivity index (χ1n) is 43.8. The lowest BCUT2D eigenvalue weighted by Gasteiger charge is -2.21. The third kappa shape index (κ3) is 78.0. The van der Waals surface area contributed by atoms with Crippen molar-refractivity contribution in [2.24, 2.45) is 0 Å². The van der Waals surface area contributed by atoms with E-state index in [1.165, 1.54) is 289 Å². The molecule has 3 N–H and O–H groups in total. The molecule has 0 aliphatic carbocycles. The van der Waals surface area contributed by atoms with Crippen molar-refractivity contribution in [3.8, 4) is 0 Å². The largest absolute Gasteiger partial charge is 0.472 e. The summed E-state index contributed by atoms with van der Waals surface area (Å²) in [5, 5.41) is 10.7. The average Bonchev–Trinajstić information content (AvgIpc) is 0.929. The summed E-state index contributed by atoms with van der Waals surface area (Å²) < 4.78 is 68.9. The van der Waals surface area contributed by atoms with Gasteiger partial charge in [-0.3, -0.25) is 37.3 Å². The van der Waals surface area contributed by atoms with Crippen LogP contribution < -0.4 is 0 Å². The fourth-order valence-corrected chi connectivity index (χ4v) is 14.7. The summed E-state index contributed by atoms with van der Waals surface area (Å²) in [5.74, 6) is -2.10. The lowest BCUT2D eigenvalue weighted by Crippen LogP contribution is -2.30. The highest BCUT2D eigenvalue weighted by Crippen LogP contribution is 2.45. The zero-order valence-corrected chi connectivity index (χ0v) is 69.1. The van der Waals surface area contributed by atoms with Gasteiger partial charge in [-0.1, -0.05) is 407 Å². The van der Waals surface area contributed by atoms with E-state index in [1.54, 1.807) is 0 Å². The normalized spacial score (nSPS) is 13.7. The Balaban J connectivity index is 5.26. The first-order chi connectivity index (χ1) is 50.2. The number of hydrogen-bond acceptors (Lipinski definition) is 15. The molecule has 0 fully saturated rings. The van der Waals surface area contributed by atoms with E-state index in [1.807, 2.05) is 0 Å². The number of ether oxygens (including phenoxy) is 4. The van der Waals surface area contributed by atoms with Gasteiger partial charge < -0.3 is 33.8 Å². The van der Waals surface area contributed by atoms with Crippen LogP contribution >= 0.6 is 15.6 Å². The number of esters is 4. The van der Waals surface area contributed by atoms with Gasteiger partial charge in [0.15, 0.2) is 12.2 Å². The molecule has 0 aromatic heterocycles. The van der Waals surface area contributed by atoms with E-state index in [0.29, 0.717) is 25.7 Å². The maximum atomic E-state index is 13.1. The molecule has 0 heterocycles. The molecule has 19 heteroatoms. The summed E-state index contributed by atoms with van der Waals surface area (Å²) in [6.45, 7) is 5.06. The standard InChI is InChI=1S/C84H164O17P2/c1-5-9-13-17-21-25-29-33-36-39-42-45-49-53-57-61-65-69-82(87)95-75-80(101-84(89)71-67-63-59-55-51-47-43-40-37-34-30-26-22-18-14-10-6-2)77-99-103(92,93)97-73-78(85)72-96-102(90,91)98-76-79(74-94-81(86)68-64-60-56-52-48-44-32-28-24-20-16-12-8-4)100-83(88)70-66-62-58-54-50-46-41-38-35-31-27-23-19-15-11-7-3/h78-80,85H,5-77H2,1-4H3,(H,90,91)(H,92,93)/t78-,79+,80+/m0/s1. The second-order valence-corrected chi connectivity index (χ2v) is 33.1. The van der Waals surface area contributed by atoms with Gasteiger partial charge in [0, 0.05) is 25.7 Å². The van der Waals surface area contributed by atoms with Crippen molar-refractivity contribution in [3.05, 3.63) is 0 Å². The number of hydrogen-bond donors (Lipinski definition) is 3. The van der Waals surface area contributed by atoms with E-state index in [0.717, 1.165) is 89.9 Å². The summed E-state index contributed by atoms with van der Waals surface area (Å²) in [6, 6.07) is 0. The predicted molar refractivity (Wildman–Crippen MR) is 423 cm³/mol. The molecule has 2 unspecified atom stereocenters. The van der Waals surface area contributed by atoms with Gasteiger partial charge >= 0.3 is 39.5 Å². The molecule has 0 rings (SSSR count). The Hall–Kier alpha value is -1.94. The molecular formula is C84H164O17P2. The molecule has 0 radical (unpaired) electrons. The Bertz CT molecular complexity index is 1950. The van der Waals surface area contributed by atoms with E-state index in [2.05, 4.69) is 27.7 Å². The maximum Gasteiger partial charge on any atom is 0.472 e. The van der Waals surface area contributed by atoms with Gasteiger partial charge in [-0.2, -0.15) is 0 Å². The molecule has 0 amide bonds. The third-order valence-electron chi connectivity index (χ3n) is 19.9. The van der Waals surface area contributed by atoms with E-state index in [9.17, 15) is 43.2 Å². The Morgan fingerprint density at radius 3 is 0.573 bits per heavy atom. The first-order valence-corrected chi connectivity index (χ1v) is 46.8. The monoisotopic (exact) mass is 1510 g/mol. The minimum atomic E-state index is -4.96. The van der Waals surface area contributed by atoms with Gasteiger partial charge in [0.25, 0.3) is 0 Å². The Morgan fingerprint density at radius 2 is 0.388 bits per heavy atom. The Kier molecular flexibility index (Phi) is 76.7. The number of unbranched alkanes of at least 4 members (excludes halogenated alkanes) is 59. The number of rotatable bonds is 85. The fraction of sp³-hybridized carbons (Fsp3) is 0.952.